The van der Waals surface area contributed by atoms with Crippen molar-refractivity contribution in [2.24, 2.45) is 0 Å². The van der Waals surface area contributed by atoms with Crippen molar-refractivity contribution in [2.75, 3.05) is 0 Å². The summed E-state index contributed by atoms with van der Waals surface area (Å²) in [5.41, 5.74) is 3.97. The van der Waals surface area contributed by atoms with Crippen molar-refractivity contribution in [1.29, 1.82) is 0 Å². The molecule has 6 nitrogen and oxygen atoms in total. The van der Waals surface area contributed by atoms with Gasteiger partial charge in [0.15, 0.2) is 17.5 Å². The lowest BCUT2D eigenvalue weighted by atomic mass is 10.1. The van der Waals surface area contributed by atoms with Crippen molar-refractivity contribution in [1.82, 2.24) is 15.0 Å². The van der Waals surface area contributed by atoms with Gasteiger partial charge in [0.1, 0.15) is 16.9 Å². The Labute approximate surface area is 195 Å². The summed E-state index contributed by atoms with van der Waals surface area (Å²) in [5, 5.41) is 11.3. The Morgan fingerprint density at radius 2 is 1.26 bits per heavy atom. The molecule has 0 fully saturated rings. The van der Waals surface area contributed by atoms with E-state index in [1.165, 1.54) is 0 Å². The maximum Gasteiger partial charge on any atom is 0.504 e. The molecule has 0 aliphatic rings. The topological polar surface area (TPSA) is 81.3 Å². The van der Waals surface area contributed by atoms with Gasteiger partial charge in [-0.25, -0.2) is 15.0 Å². The number of aromatic nitrogens is 3. The van der Waals surface area contributed by atoms with Gasteiger partial charge in [-0.1, -0.05) is 72.8 Å². The minimum Gasteiger partial charge on any atom is -0.538 e. The Morgan fingerprint density at radius 1 is 0.618 bits per heavy atom. The predicted octanol–water partition coefficient (Wildman–Crippen LogP) is 5.41. The molecule has 1 N–H and O–H groups in total. The third kappa shape index (κ3) is 3.48. The van der Waals surface area contributed by atoms with E-state index in [1.54, 1.807) is 6.07 Å². The van der Waals surface area contributed by atoms with Crippen LogP contribution in [0.1, 0.15) is 0 Å². The summed E-state index contributed by atoms with van der Waals surface area (Å²) in [6.07, 6.45) is 0. The lowest BCUT2D eigenvalue weighted by Gasteiger charge is -2.12. The Morgan fingerprint density at radius 3 is 2.12 bits per heavy atom. The van der Waals surface area contributed by atoms with Gasteiger partial charge in [-0.2, -0.15) is 0 Å². The maximum atomic E-state index is 9.37. The number of para-hydroxylation sites is 2. The Balaban J connectivity index is 1.64. The molecule has 0 aliphatic heterocycles. The number of rotatable bonds is 5. The quantitative estimate of drug-likeness (QED) is 0.359. The second-order valence-corrected chi connectivity index (χ2v) is 7.72. The molecule has 7 heteroatoms. The second kappa shape index (κ2) is 8.46. The average molecular weight is 443 g/mol. The first-order valence-electron chi connectivity index (χ1n) is 10.9. The summed E-state index contributed by atoms with van der Waals surface area (Å²) < 4.78 is 11.5. The normalized spacial score (nSPS) is 11.1. The zero-order valence-corrected chi connectivity index (χ0v) is 18.1. The van der Waals surface area contributed by atoms with Crippen molar-refractivity contribution in [3.05, 3.63) is 97.1 Å². The van der Waals surface area contributed by atoms with Gasteiger partial charge in [-0.15, -0.1) is 0 Å². The SMILES string of the molecule is OBOc1ccccc1-c1nc(-c2ccccc2)nc(-c2cccc3oc4ccccc4c23)n1. The molecule has 0 aliphatic carbocycles. The van der Waals surface area contributed by atoms with E-state index in [2.05, 4.69) is 0 Å². The molecular formula is C27H18BN3O3. The van der Waals surface area contributed by atoms with Crippen LogP contribution in [0.2, 0.25) is 0 Å². The largest absolute Gasteiger partial charge is 0.538 e. The van der Waals surface area contributed by atoms with Crippen LogP contribution in [-0.2, 0) is 0 Å². The van der Waals surface area contributed by atoms with Gasteiger partial charge in [0, 0.05) is 21.9 Å². The smallest absolute Gasteiger partial charge is 0.504 e. The molecule has 2 heterocycles. The highest BCUT2D eigenvalue weighted by Gasteiger charge is 2.18. The van der Waals surface area contributed by atoms with E-state index in [4.69, 9.17) is 24.0 Å². The molecule has 0 atom stereocenters. The highest BCUT2D eigenvalue weighted by atomic mass is 16.5. The fourth-order valence-corrected chi connectivity index (χ4v) is 4.14. The van der Waals surface area contributed by atoms with Gasteiger partial charge in [0.25, 0.3) is 0 Å². The predicted molar refractivity (Wildman–Crippen MR) is 133 cm³/mol. The van der Waals surface area contributed by atoms with Crippen molar-refractivity contribution in [2.45, 2.75) is 0 Å². The van der Waals surface area contributed by atoms with Gasteiger partial charge < -0.3 is 14.1 Å². The fraction of sp³-hybridized carbons (Fsp3) is 0. The highest BCUT2D eigenvalue weighted by Crippen LogP contribution is 2.37. The van der Waals surface area contributed by atoms with Crippen LogP contribution in [0.25, 0.3) is 56.1 Å². The standard InChI is InChI=1S/C27H18BN3O3/c32-28-34-22-15-7-5-12-19(22)26-29-25(17-9-2-1-3-10-17)30-27(31-26)20-13-8-16-23-24(20)18-11-4-6-14-21(18)33-23/h1-16,28,32H. The van der Waals surface area contributed by atoms with Crippen LogP contribution in [0.4, 0.5) is 0 Å². The molecule has 0 radical (unpaired) electrons. The number of hydrogen-bond acceptors (Lipinski definition) is 6. The van der Waals surface area contributed by atoms with Gasteiger partial charge >= 0.3 is 7.69 Å². The minimum atomic E-state index is -0.444. The Bertz CT molecular complexity index is 1630. The first kappa shape index (κ1) is 20.1. The number of hydrogen-bond donors (Lipinski definition) is 1. The van der Waals surface area contributed by atoms with Crippen LogP contribution < -0.4 is 4.65 Å². The van der Waals surface area contributed by atoms with E-state index in [-0.39, 0.29) is 0 Å². The summed E-state index contributed by atoms with van der Waals surface area (Å²) in [4.78, 5) is 14.5. The molecule has 0 saturated heterocycles. The maximum absolute atomic E-state index is 9.37. The molecule has 162 valence electrons. The zero-order valence-electron chi connectivity index (χ0n) is 18.1. The molecule has 6 aromatic rings. The number of nitrogens with zero attached hydrogens (tertiary/aromatic N) is 3. The summed E-state index contributed by atoms with van der Waals surface area (Å²) >= 11 is 0. The van der Waals surface area contributed by atoms with E-state index < -0.39 is 7.69 Å². The van der Waals surface area contributed by atoms with Crippen LogP contribution >= 0.6 is 0 Å². The van der Waals surface area contributed by atoms with Crippen LogP contribution in [0.5, 0.6) is 5.75 Å². The summed E-state index contributed by atoms with van der Waals surface area (Å²) in [6, 6.07) is 31.0. The van der Waals surface area contributed by atoms with Crippen LogP contribution in [0, 0.1) is 0 Å². The molecule has 0 unspecified atom stereocenters. The molecule has 0 amide bonds. The van der Waals surface area contributed by atoms with E-state index in [9.17, 15) is 5.02 Å². The minimum absolute atomic E-state index is 0.444. The van der Waals surface area contributed by atoms with E-state index in [0.29, 0.717) is 28.8 Å². The summed E-state index contributed by atoms with van der Waals surface area (Å²) in [5.74, 6) is 2.02. The zero-order chi connectivity index (χ0) is 22.9. The molecule has 0 bridgehead atoms. The Hall–Kier alpha value is -4.49. The van der Waals surface area contributed by atoms with Crippen LogP contribution in [-0.4, -0.2) is 27.7 Å². The molecule has 2 aromatic heterocycles. The molecular weight excluding hydrogens is 425 g/mol. The number of benzene rings is 4. The van der Waals surface area contributed by atoms with E-state index >= 15 is 0 Å². The van der Waals surface area contributed by atoms with Crippen molar-refractivity contribution < 1.29 is 14.1 Å². The summed E-state index contributed by atoms with van der Waals surface area (Å²) in [7, 11) is -0.444. The molecule has 6 rings (SSSR count). The molecule has 0 saturated carbocycles. The fourth-order valence-electron chi connectivity index (χ4n) is 4.14. The van der Waals surface area contributed by atoms with Gasteiger partial charge in [-0.05, 0) is 24.3 Å². The first-order chi connectivity index (χ1) is 16.8. The summed E-state index contributed by atoms with van der Waals surface area (Å²) in [6.45, 7) is 0. The van der Waals surface area contributed by atoms with Gasteiger partial charge in [0.05, 0.1) is 5.56 Å². The first-order valence-corrected chi connectivity index (χ1v) is 10.9. The second-order valence-electron chi connectivity index (χ2n) is 7.72. The van der Waals surface area contributed by atoms with Crippen molar-refractivity contribution in [3.8, 4) is 39.9 Å². The van der Waals surface area contributed by atoms with E-state index in [0.717, 1.165) is 33.1 Å². The monoisotopic (exact) mass is 443 g/mol. The van der Waals surface area contributed by atoms with Crippen molar-refractivity contribution >= 4 is 29.6 Å². The van der Waals surface area contributed by atoms with Gasteiger partial charge in [0.2, 0.25) is 0 Å². The number of furan rings is 1. The Kier molecular flexibility index (Phi) is 5.01. The lowest BCUT2D eigenvalue weighted by Crippen LogP contribution is -2.04. The third-order valence-corrected chi connectivity index (χ3v) is 5.66. The third-order valence-electron chi connectivity index (χ3n) is 5.66. The number of fused-ring (bicyclic) bond motifs is 3. The lowest BCUT2D eigenvalue weighted by molar-refractivity contribution is 0.454. The molecule has 4 aromatic carbocycles. The van der Waals surface area contributed by atoms with Gasteiger partial charge in [-0.3, -0.25) is 0 Å². The highest BCUT2D eigenvalue weighted by molar-refractivity contribution is 6.17. The molecule has 34 heavy (non-hydrogen) atoms. The molecule has 0 spiro atoms. The average Bonchev–Trinajstić information content (AvgIpc) is 3.28. The van der Waals surface area contributed by atoms with Crippen LogP contribution in [0.3, 0.4) is 0 Å². The van der Waals surface area contributed by atoms with E-state index in [1.807, 2.05) is 91.0 Å². The van der Waals surface area contributed by atoms with Crippen LogP contribution in [0.15, 0.2) is 101 Å². The van der Waals surface area contributed by atoms with Crippen molar-refractivity contribution in [3.63, 3.8) is 0 Å².